The predicted octanol–water partition coefficient (Wildman–Crippen LogP) is 2.35. The molecule has 2 bridgehead atoms. The molecule has 2 saturated heterocycles. The molecule has 0 amide bonds. The molecule has 15 heavy (non-hydrogen) atoms. The average Bonchev–Trinajstić information content (AvgIpc) is 2.86. The van der Waals surface area contributed by atoms with Crippen LogP contribution in [0.25, 0.3) is 0 Å². The highest BCUT2D eigenvalue weighted by atomic mass is 16.5. The van der Waals surface area contributed by atoms with Crippen LogP contribution in [0.1, 0.15) is 46.0 Å². The first-order valence-electron chi connectivity index (χ1n) is 6.50. The Morgan fingerprint density at radius 2 is 1.80 bits per heavy atom. The van der Waals surface area contributed by atoms with E-state index in [1.807, 2.05) is 0 Å². The molecule has 1 aliphatic carbocycles. The monoisotopic (exact) mass is 210 g/mol. The second-order valence-corrected chi connectivity index (χ2v) is 6.01. The van der Waals surface area contributed by atoms with Gasteiger partial charge in [0, 0.05) is 5.92 Å². The molecule has 3 aliphatic rings. The molecule has 3 rings (SSSR count). The molecule has 5 atom stereocenters. The summed E-state index contributed by atoms with van der Waals surface area (Å²) in [6, 6.07) is 0. The van der Waals surface area contributed by atoms with Crippen LogP contribution < -0.4 is 0 Å². The number of hydrogen-bond donors (Lipinski definition) is 1. The Morgan fingerprint density at radius 3 is 2.33 bits per heavy atom. The highest BCUT2D eigenvalue weighted by Crippen LogP contribution is 2.53. The zero-order valence-corrected chi connectivity index (χ0v) is 9.78. The Labute approximate surface area is 92.0 Å². The third kappa shape index (κ3) is 1.31. The lowest BCUT2D eigenvalue weighted by molar-refractivity contribution is -0.0512. The van der Waals surface area contributed by atoms with Gasteiger partial charge in [-0.25, -0.2) is 0 Å². The van der Waals surface area contributed by atoms with Crippen molar-refractivity contribution in [1.82, 2.24) is 0 Å². The normalized spacial score (nSPS) is 52.6. The Morgan fingerprint density at radius 1 is 1.13 bits per heavy atom. The standard InChI is InChI=1S/C13H22O2/c1-8-9(2)12-10(7-11(8)15-12)13(14)5-3-4-6-13/h8-12,14H,3-7H2,1-2H3. The first-order chi connectivity index (χ1) is 7.12. The second-order valence-electron chi connectivity index (χ2n) is 6.01. The second kappa shape index (κ2) is 3.21. The largest absolute Gasteiger partial charge is 0.389 e. The van der Waals surface area contributed by atoms with E-state index < -0.39 is 0 Å². The van der Waals surface area contributed by atoms with E-state index in [4.69, 9.17) is 4.74 Å². The van der Waals surface area contributed by atoms with E-state index in [0.717, 1.165) is 19.3 Å². The van der Waals surface area contributed by atoms with E-state index in [0.29, 0.717) is 30.0 Å². The zero-order chi connectivity index (χ0) is 10.6. The number of rotatable bonds is 1. The van der Waals surface area contributed by atoms with Gasteiger partial charge in [-0.3, -0.25) is 0 Å². The van der Waals surface area contributed by atoms with Gasteiger partial charge >= 0.3 is 0 Å². The first-order valence-corrected chi connectivity index (χ1v) is 6.50. The highest BCUT2D eigenvalue weighted by Gasteiger charge is 2.57. The molecule has 2 aliphatic heterocycles. The van der Waals surface area contributed by atoms with Crippen molar-refractivity contribution < 1.29 is 9.84 Å². The predicted molar refractivity (Wildman–Crippen MR) is 58.5 cm³/mol. The van der Waals surface area contributed by atoms with Gasteiger partial charge in [0.2, 0.25) is 0 Å². The van der Waals surface area contributed by atoms with Crippen molar-refractivity contribution in [2.24, 2.45) is 17.8 Å². The molecule has 5 unspecified atom stereocenters. The van der Waals surface area contributed by atoms with Crippen LogP contribution in [0.5, 0.6) is 0 Å². The van der Waals surface area contributed by atoms with E-state index in [-0.39, 0.29) is 5.60 Å². The minimum atomic E-state index is -0.381. The third-order valence-electron chi connectivity index (χ3n) is 5.31. The average molecular weight is 210 g/mol. The van der Waals surface area contributed by atoms with Crippen LogP contribution in [0.4, 0.5) is 0 Å². The zero-order valence-electron chi connectivity index (χ0n) is 9.78. The van der Waals surface area contributed by atoms with Crippen LogP contribution in [0.3, 0.4) is 0 Å². The maximum absolute atomic E-state index is 10.6. The number of fused-ring (bicyclic) bond motifs is 2. The van der Waals surface area contributed by atoms with Crippen molar-refractivity contribution in [1.29, 1.82) is 0 Å². The van der Waals surface area contributed by atoms with Gasteiger partial charge in [0.15, 0.2) is 0 Å². The summed E-state index contributed by atoms with van der Waals surface area (Å²) in [6.45, 7) is 4.59. The fourth-order valence-corrected chi connectivity index (χ4v) is 4.09. The molecule has 1 saturated carbocycles. The fraction of sp³-hybridized carbons (Fsp3) is 1.00. The molecule has 0 spiro atoms. The Hall–Kier alpha value is -0.0800. The molecule has 2 nitrogen and oxygen atoms in total. The Bertz CT molecular complexity index is 255. The van der Waals surface area contributed by atoms with E-state index in [1.165, 1.54) is 12.8 Å². The first kappa shape index (κ1) is 10.1. The topological polar surface area (TPSA) is 29.5 Å². The molecule has 2 heterocycles. The van der Waals surface area contributed by atoms with Crippen LogP contribution in [-0.2, 0) is 4.74 Å². The van der Waals surface area contributed by atoms with Gasteiger partial charge in [-0.05, 0) is 31.1 Å². The van der Waals surface area contributed by atoms with Gasteiger partial charge in [-0.1, -0.05) is 26.7 Å². The molecule has 1 N–H and O–H groups in total. The smallest absolute Gasteiger partial charge is 0.0701 e. The van der Waals surface area contributed by atoms with Gasteiger partial charge in [-0.2, -0.15) is 0 Å². The molecule has 0 aromatic rings. The summed E-state index contributed by atoms with van der Waals surface area (Å²) in [5.74, 6) is 1.76. The molecule has 0 aromatic carbocycles. The minimum absolute atomic E-state index is 0.341. The molecule has 2 heteroatoms. The summed E-state index contributed by atoms with van der Waals surface area (Å²) in [5, 5.41) is 10.6. The fourth-order valence-electron chi connectivity index (χ4n) is 4.09. The Balaban J connectivity index is 1.80. The van der Waals surface area contributed by atoms with Crippen molar-refractivity contribution >= 4 is 0 Å². The lowest BCUT2D eigenvalue weighted by atomic mass is 9.69. The number of hydrogen-bond acceptors (Lipinski definition) is 2. The van der Waals surface area contributed by atoms with Gasteiger partial charge in [-0.15, -0.1) is 0 Å². The summed E-state index contributed by atoms with van der Waals surface area (Å²) in [7, 11) is 0. The van der Waals surface area contributed by atoms with Crippen molar-refractivity contribution in [2.75, 3.05) is 0 Å². The van der Waals surface area contributed by atoms with Gasteiger partial charge < -0.3 is 9.84 Å². The maximum Gasteiger partial charge on any atom is 0.0701 e. The van der Waals surface area contributed by atoms with Gasteiger partial charge in [0.1, 0.15) is 0 Å². The maximum atomic E-state index is 10.6. The summed E-state index contributed by atoms with van der Waals surface area (Å²) >= 11 is 0. The number of ether oxygens (including phenoxy) is 1. The van der Waals surface area contributed by atoms with E-state index in [9.17, 15) is 5.11 Å². The van der Waals surface area contributed by atoms with Crippen LogP contribution in [0, 0.1) is 17.8 Å². The van der Waals surface area contributed by atoms with Gasteiger partial charge in [0.25, 0.3) is 0 Å². The van der Waals surface area contributed by atoms with Crippen molar-refractivity contribution in [3.63, 3.8) is 0 Å². The molecular weight excluding hydrogens is 188 g/mol. The molecule has 0 aromatic heterocycles. The van der Waals surface area contributed by atoms with Crippen LogP contribution in [0.15, 0.2) is 0 Å². The van der Waals surface area contributed by atoms with E-state index in [1.54, 1.807) is 0 Å². The molecule has 86 valence electrons. The molecule has 0 radical (unpaired) electrons. The van der Waals surface area contributed by atoms with E-state index >= 15 is 0 Å². The van der Waals surface area contributed by atoms with Crippen molar-refractivity contribution in [3.05, 3.63) is 0 Å². The van der Waals surface area contributed by atoms with Crippen LogP contribution in [0.2, 0.25) is 0 Å². The summed E-state index contributed by atoms with van der Waals surface area (Å²) in [4.78, 5) is 0. The van der Waals surface area contributed by atoms with Crippen LogP contribution in [-0.4, -0.2) is 22.9 Å². The highest BCUT2D eigenvalue weighted by molar-refractivity contribution is 5.06. The van der Waals surface area contributed by atoms with Crippen molar-refractivity contribution in [2.45, 2.75) is 63.8 Å². The van der Waals surface area contributed by atoms with Crippen LogP contribution >= 0.6 is 0 Å². The lowest BCUT2D eigenvalue weighted by Gasteiger charge is -2.37. The SMILES string of the molecule is CC1C2CC(C3(O)CCCC3)C(O2)C1C. The van der Waals surface area contributed by atoms with Crippen molar-refractivity contribution in [3.8, 4) is 0 Å². The quantitative estimate of drug-likeness (QED) is 0.720. The minimum Gasteiger partial charge on any atom is -0.389 e. The third-order valence-corrected chi connectivity index (χ3v) is 5.31. The van der Waals surface area contributed by atoms with E-state index in [2.05, 4.69) is 13.8 Å². The summed E-state index contributed by atoms with van der Waals surface area (Å²) < 4.78 is 6.03. The molecular formula is C13H22O2. The summed E-state index contributed by atoms with van der Waals surface area (Å²) in [5.41, 5.74) is -0.381. The lowest BCUT2D eigenvalue weighted by Crippen LogP contribution is -2.44. The summed E-state index contributed by atoms with van der Waals surface area (Å²) in [6.07, 6.45) is 6.29. The van der Waals surface area contributed by atoms with Gasteiger partial charge in [0.05, 0.1) is 17.8 Å². The number of aliphatic hydroxyl groups is 1. The molecule has 3 fully saturated rings. The Kier molecular flexibility index (Phi) is 2.16.